The Labute approximate surface area is 169 Å². The number of nitrogens with one attached hydrogen (secondary N) is 2. The summed E-state index contributed by atoms with van der Waals surface area (Å²) in [5.41, 5.74) is -0.172. The highest BCUT2D eigenvalue weighted by Gasteiger charge is 2.53. The fourth-order valence-corrected chi connectivity index (χ4v) is 4.59. The number of aromatic nitrogens is 4. The van der Waals surface area contributed by atoms with Gasteiger partial charge in [-0.25, -0.2) is 4.98 Å². The average Bonchev–Trinajstić information content (AvgIpc) is 3.16. The zero-order valence-electron chi connectivity index (χ0n) is 16.9. The molecule has 2 saturated heterocycles. The first kappa shape index (κ1) is 19.5. The number of rotatable bonds is 4. The Morgan fingerprint density at radius 3 is 2.90 bits per heavy atom. The largest absolute Gasteiger partial charge is 0.348 e. The first-order valence-corrected chi connectivity index (χ1v) is 10.1. The lowest BCUT2D eigenvalue weighted by atomic mass is 9.67. The number of nitrogens with zero attached hydrogens (tertiary/aromatic N) is 5. The molecule has 2 aliphatic rings. The number of fused-ring (bicyclic) bond motifs is 1. The van der Waals surface area contributed by atoms with Crippen LogP contribution in [0.15, 0.2) is 24.4 Å². The summed E-state index contributed by atoms with van der Waals surface area (Å²) in [5, 5.41) is 9.92. The molecule has 9 heteroatoms. The standard InChI is InChI=1S/C20H27N7O2/c1-14-23-17(25-24-14)12-22-19(29)20-7-5-10-27(16(20)13-26(2)11-8-20)18(28)15-6-3-4-9-21-15/h3-4,6,9,16H,5,7-8,10-13H2,1-2H3,(H,22,29)(H,23,24,25)/t16-,20+/m0/s1. The van der Waals surface area contributed by atoms with Crippen molar-refractivity contribution in [2.75, 3.05) is 26.7 Å². The Balaban J connectivity index is 1.57. The van der Waals surface area contributed by atoms with Gasteiger partial charge in [0, 0.05) is 19.3 Å². The maximum Gasteiger partial charge on any atom is 0.272 e. The van der Waals surface area contributed by atoms with Gasteiger partial charge in [0.05, 0.1) is 18.0 Å². The van der Waals surface area contributed by atoms with Crippen LogP contribution in [0.2, 0.25) is 0 Å². The predicted molar refractivity (Wildman–Crippen MR) is 106 cm³/mol. The quantitative estimate of drug-likeness (QED) is 0.788. The van der Waals surface area contributed by atoms with Gasteiger partial charge in [0.1, 0.15) is 11.5 Å². The highest BCUT2D eigenvalue weighted by molar-refractivity contribution is 5.94. The molecule has 2 aromatic heterocycles. The maximum atomic E-state index is 13.4. The molecule has 0 unspecified atom stereocenters. The van der Waals surface area contributed by atoms with Crippen LogP contribution in [0, 0.1) is 12.3 Å². The van der Waals surface area contributed by atoms with Crippen molar-refractivity contribution < 1.29 is 9.59 Å². The number of amides is 2. The number of likely N-dealkylation sites (tertiary alicyclic amines) is 2. The van der Waals surface area contributed by atoms with Crippen LogP contribution in [0.4, 0.5) is 0 Å². The number of H-pyrrole nitrogens is 1. The molecule has 2 amide bonds. The Morgan fingerprint density at radius 2 is 2.17 bits per heavy atom. The number of carbonyl (C=O) groups excluding carboxylic acids is 2. The van der Waals surface area contributed by atoms with E-state index in [0.29, 0.717) is 24.6 Å². The van der Waals surface area contributed by atoms with Crippen LogP contribution < -0.4 is 5.32 Å². The van der Waals surface area contributed by atoms with Crippen LogP contribution >= 0.6 is 0 Å². The lowest BCUT2D eigenvalue weighted by Gasteiger charge is -2.53. The second-order valence-corrected chi connectivity index (χ2v) is 8.02. The van der Waals surface area contributed by atoms with E-state index in [-0.39, 0.29) is 24.4 Å². The van der Waals surface area contributed by atoms with Crippen LogP contribution in [0.1, 0.15) is 41.4 Å². The molecule has 2 aliphatic heterocycles. The minimum atomic E-state index is -0.597. The summed E-state index contributed by atoms with van der Waals surface area (Å²) in [6.07, 6.45) is 3.92. The van der Waals surface area contributed by atoms with Crippen LogP contribution in [0.5, 0.6) is 0 Å². The third-order valence-electron chi connectivity index (χ3n) is 6.11. The van der Waals surface area contributed by atoms with Gasteiger partial charge in [0.2, 0.25) is 5.91 Å². The smallest absolute Gasteiger partial charge is 0.272 e. The Morgan fingerprint density at radius 1 is 1.31 bits per heavy atom. The Hall–Kier alpha value is -2.81. The van der Waals surface area contributed by atoms with Crippen molar-refractivity contribution in [3.8, 4) is 0 Å². The summed E-state index contributed by atoms with van der Waals surface area (Å²) < 4.78 is 0. The van der Waals surface area contributed by atoms with Crippen LogP contribution in [-0.2, 0) is 11.3 Å². The number of aryl methyl sites for hydroxylation is 1. The lowest BCUT2D eigenvalue weighted by Crippen LogP contribution is -2.66. The second kappa shape index (κ2) is 7.90. The van der Waals surface area contributed by atoms with Gasteiger partial charge in [-0.05, 0) is 51.9 Å². The van der Waals surface area contributed by atoms with Crippen LogP contribution in [0.25, 0.3) is 0 Å². The summed E-state index contributed by atoms with van der Waals surface area (Å²) in [6.45, 7) is 4.25. The first-order chi connectivity index (χ1) is 14.0. The van der Waals surface area contributed by atoms with Crippen molar-refractivity contribution in [2.24, 2.45) is 5.41 Å². The van der Waals surface area contributed by atoms with E-state index in [1.165, 1.54) is 0 Å². The van der Waals surface area contributed by atoms with Crippen molar-refractivity contribution in [3.05, 3.63) is 41.7 Å². The molecule has 0 saturated carbocycles. The number of hydrogen-bond donors (Lipinski definition) is 2. The average molecular weight is 397 g/mol. The molecule has 4 rings (SSSR count). The zero-order valence-corrected chi connectivity index (χ0v) is 16.9. The fourth-order valence-electron chi connectivity index (χ4n) is 4.59. The van der Waals surface area contributed by atoms with Crippen molar-refractivity contribution in [1.29, 1.82) is 0 Å². The summed E-state index contributed by atoms with van der Waals surface area (Å²) in [5.74, 6) is 1.16. The molecule has 4 heterocycles. The molecular weight excluding hydrogens is 370 g/mol. The topological polar surface area (TPSA) is 107 Å². The summed E-state index contributed by atoms with van der Waals surface area (Å²) in [6, 6.07) is 5.16. The van der Waals surface area contributed by atoms with E-state index in [1.54, 1.807) is 18.3 Å². The van der Waals surface area contributed by atoms with E-state index >= 15 is 0 Å². The number of hydrogen-bond acceptors (Lipinski definition) is 6. The molecule has 2 N–H and O–H groups in total. The molecule has 9 nitrogen and oxygen atoms in total. The monoisotopic (exact) mass is 397 g/mol. The molecule has 154 valence electrons. The Kier molecular flexibility index (Phi) is 5.31. The summed E-state index contributed by atoms with van der Waals surface area (Å²) in [4.78, 5) is 39.1. The van der Waals surface area contributed by atoms with E-state index in [9.17, 15) is 9.59 Å². The molecule has 2 fully saturated rings. The van der Waals surface area contributed by atoms with Crippen molar-refractivity contribution in [2.45, 2.75) is 38.8 Å². The van der Waals surface area contributed by atoms with E-state index in [2.05, 4.69) is 30.4 Å². The van der Waals surface area contributed by atoms with E-state index < -0.39 is 5.41 Å². The molecule has 0 aromatic carbocycles. The minimum Gasteiger partial charge on any atom is -0.348 e. The second-order valence-electron chi connectivity index (χ2n) is 8.02. The molecule has 0 spiro atoms. The van der Waals surface area contributed by atoms with Crippen LogP contribution in [0.3, 0.4) is 0 Å². The number of aromatic amines is 1. The van der Waals surface area contributed by atoms with Gasteiger partial charge < -0.3 is 15.1 Å². The fraction of sp³-hybridized carbons (Fsp3) is 0.550. The highest BCUT2D eigenvalue weighted by Crippen LogP contribution is 2.43. The minimum absolute atomic E-state index is 0.0171. The summed E-state index contributed by atoms with van der Waals surface area (Å²) in [7, 11) is 2.04. The van der Waals surface area contributed by atoms with Gasteiger partial charge in [-0.15, -0.1) is 0 Å². The highest BCUT2D eigenvalue weighted by atomic mass is 16.2. The molecule has 0 bridgehead atoms. The van der Waals surface area contributed by atoms with Crippen molar-refractivity contribution in [1.82, 2.24) is 35.3 Å². The number of piperidine rings is 2. The molecule has 2 aromatic rings. The molecular formula is C20H27N7O2. The van der Waals surface area contributed by atoms with Gasteiger partial charge in [0.15, 0.2) is 5.82 Å². The lowest BCUT2D eigenvalue weighted by molar-refractivity contribution is -0.142. The number of likely N-dealkylation sites (N-methyl/N-ethyl adjacent to an activating group) is 1. The van der Waals surface area contributed by atoms with Gasteiger partial charge in [0.25, 0.3) is 5.91 Å². The first-order valence-electron chi connectivity index (χ1n) is 10.1. The number of pyridine rings is 1. The molecule has 2 atom stereocenters. The molecule has 0 aliphatic carbocycles. The third-order valence-corrected chi connectivity index (χ3v) is 6.11. The van der Waals surface area contributed by atoms with Crippen molar-refractivity contribution >= 4 is 11.8 Å². The van der Waals surface area contributed by atoms with Gasteiger partial charge in [-0.2, -0.15) is 5.10 Å². The van der Waals surface area contributed by atoms with Gasteiger partial charge in [-0.1, -0.05) is 6.07 Å². The maximum absolute atomic E-state index is 13.4. The van der Waals surface area contributed by atoms with Gasteiger partial charge in [-0.3, -0.25) is 19.7 Å². The van der Waals surface area contributed by atoms with Gasteiger partial charge >= 0.3 is 0 Å². The predicted octanol–water partition coefficient (Wildman–Crippen LogP) is 0.751. The summed E-state index contributed by atoms with van der Waals surface area (Å²) >= 11 is 0. The molecule has 0 radical (unpaired) electrons. The molecule has 29 heavy (non-hydrogen) atoms. The van der Waals surface area contributed by atoms with Crippen LogP contribution in [-0.4, -0.2) is 74.5 Å². The van der Waals surface area contributed by atoms with E-state index in [0.717, 1.165) is 31.6 Å². The Bertz CT molecular complexity index is 884. The normalized spacial score (nSPS) is 24.8. The van der Waals surface area contributed by atoms with E-state index in [1.807, 2.05) is 24.9 Å². The van der Waals surface area contributed by atoms with E-state index in [4.69, 9.17) is 0 Å². The number of carbonyl (C=O) groups is 2. The van der Waals surface area contributed by atoms with Crippen molar-refractivity contribution in [3.63, 3.8) is 0 Å². The SMILES string of the molecule is Cc1nc(CNC(=O)[C@@]23CCCN(C(=O)c4ccccn4)[C@H]2CN(C)CC3)n[nH]1. The zero-order chi connectivity index (χ0) is 20.4. The third kappa shape index (κ3) is 3.74.